The standard InChI is InChI=1S/C2H8NO3P.C2H5.Al/c1-3(2)7(4,5)6;1-2;/h1-2H3,(H2,4,5,6);1H2,2H3;/q;;+2/p-2. The van der Waals surface area contributed by atoms with Gasteiger partial charge in [-0.1, -0.05) is 6.92 Å². The van der Waals surface area contributed by atoms with Crippen LogP contribution in [0.4, 0.5) is 0 Å². The summed E-state index contributed by atoms with van der Waals surface area (Å²) in [5.74, 6) is 0. The van der Waals surface area contributed by atoms with Gasteiger partial charge in [0.05, 0.1) is 0 Å². The third-order valence-electron chi connectivity index (χ3n) is 1.32. The zero-order valence-corrected chi connectivity index (χ0v) is 8.45. The lowest BCUT2D eigenvalue weighted by molar-refractivity contribution is 0.232. The highest BCUT2D eigenvalue weighted by Crippen LogP contribution is 2.59. The molecule has 10 heavy (non-hydrogen) atoms. The Hall–Kier alpha value is 0.642. The van der Waals surface area contributed by atoms with Crippen LogP contribution in [0.1, 0.15) is 6.92 Å². The van der Waals surface area contributed by atoms with Crippen molar-refractivity contribution >= 4 is 22.6 Å². The predicted molar refractivity (Wildman–Crippen MR) is 39.7 cm³/mol. The van der Waals surface area contributed by atoms with Crippen LogP contribution < -0.4 is 0 Å². The molecule has 0 saturated carbocycles. The second kappa shape index (κ2) is 2.94. The molecule has 0 N–H and O–H groups in total. The molecule has 0 amide bonds. The highest BCUT2D eigenvalue weighted by Gasteiger charge is 2.50. The molecule has 1 fully saturated rings. The molecule has 0 spiro atoms. The summed E-state index contributed by atoms with van der Waals surface area (Å²) >= 11 is -1.47. The number of hydrogen-bond acceptors (Lipinski definition) is 3. The fraction of sp³-hybridized carbons (Fsp3) is 1.00. The summed E-state index contributed by atoms with van der Waals surface area (Å²) in [5, 5.41) is 0.887. The molecule has 0 atom stereocenters. The summed E-state index contributed by atoms with van der Waals surface area (Å²) in [5.41, 5.74) is 0. The molecule has 0 aromatic carbocycles. The van der Waals surface area contributed by atoms with Crippen molar-refractivity contribution in [3.63, 3.8) is 0 Å². The van der Waals surface area contributed by atoms with Gasteiger partial charge >= 0.3 is 22.6 Å². The SMILES string of the molecule is C[CH2][Al]1[O]P(=O)(N(C)C)[O]1. The molecule has 1 aliphatic heterocycles. The van der Waals surface area contributed by atoms with Gasteiger partial charge in [-0.3, -0.25) is 0 Å². The van der Waals surface area contributed by atoms with Crippen molar-refractivity contribution in [2.75, 3.05) is 14.1 Å². The van der Waals surface area contributed by atoms with E-state index in [2.05, 4.69) is 0 Å². The van der Waals surface area contributed by atoms with E-state index in [1.165, 1.54) is 4.67 Å². The van der Waals surface area contributed by atoms with Crippen LogP contribution in [0.5, 0.6) is 0 Å². The average Bonchev–Trinajstić information content (AvgIpc) is 1.80. The van der Waals surface area contributed by atoms with Crippen LogP contribution in [0.25, 0.3) is 0 Å². The van der Waals surface area contributed by atoms with Crippen LogP contribution in [0.2, 0.25) is 5.28 Å². The second-order valence-corrected chi connectivity index (χ2v) is 7.46. The Morgan fingerprint density at radius 2 is 2.00 bits per heavy atom. The van der Waals surface area contributed by atoms with Crippen molar-refractivity contribution in [3.05, 3.63) is 0 Å². The Bertz CT molecular complexity index is 164. The smallest absolute Gasteiger partial charge is 0.398 e. The van der Waals surface area contributed by atoms with E-state index in [1.807, 2.05) is 6.92 Å². The maximum Gasteiger partial charge on any atom is 0.689 e. The van der Waals surface area contributed by atoms with E-state index in [9.17, 15) is 4.57 Å². The van der Waals surface area contributed by atoms with Gasteiger partial charge in [0.2, 0.25) is 0 Å². The minimum Gasteiger partial charge on any atom is -0.398 e. The Morgan fingerprint density at radius 3 is 2.30 bits per heavy atom. The van der Waals surface area contributed by atoms with Crippen LogP contribution in [0.3, 0.4) is 0 Å². The average molecular weight is 179 g/mol. The zero-order chi connectivity index (χ0) is 7.78. The number of hydrogen-bond donors (Lipinski definition) is 0. The quantitative estimate of drug-likeness (QED) is 0.471. The lowest BCUT2D eigenvalue weighted by Crippen LogP contribution is -2.35. The van der Waals surface area contributed by atoms with Crippen molar-refractivity contribution in [3.8, 4) is 0 Å². The van der Waals surface area contributed by atoms with E-state index in [0.717, 1.165) is 5.28 Å². The van der Waals surface area contributed by atoms with E-state index in [0.29, 0.717) is 0 Å². The van der Waals surface area contributed by atoms with Gasteiger partial charge in [-0.25, -0.2) is 9.24 Å². The van der Waals surface area contributed by atoms with Gasteiger partial charge in [0, 0.05) is 0 Å². The molecular formula is C4H11AlNO3P. The van der Waals surface area contributed by atoms with Crippen LogP contribution in [-0.2, 0) is 11.7 Å². The molecule has 1 saturated heterocycles. The lowest BCUT2D eigenvalue weighted by atomic mass is 11.0. The molecule has 1 heterocycles. The lowest BCUT2D eigenvalue weighted by Gasteiger charge is -2.36. The second-order valence-electron chi connectivity index (χ2n) is 2.36. The van der Waals surface area contributed by atoms with Crippen molar-refractivity contribution in [1.29, 1.82) is 0 Å². The van der Waals surface area contributed by atoms with E-state index >= 15 is 0 Å². The summed E-state index contributed by atoms with van der Waals surface area (Å²) in [7, 11) is 0.649. The van der Waals surface area contributed by atoms with Gasteiger partial charge in [-0.15, -0.1) is 0 Å². The van der Waals surface area contributed by atoms with E-state index in [-0.39, 0.29) is 0 Å². The van der Waals surface area contributed by atoms with Crippen LogP contribution >= 0.6 is 7.75 Å². The summed E-state index contributed by atoms with van der Waals surface area (Å²) in [6.45, 7) is 1.98. The molecule has 58 valence electrons. The fourth-order valence-corrected chi connectivity index (χ4v) is 5.78. The molecule has 1 aliphatic rings. The van der Waals surface area contributed by atoms with E-state index < -0.39 is 22.6 Å². The highest BCUT2D eigenvalue weighted by molar-refractivity contribution is 7.57. The molecule has 0 aromatic rings. The van der Waals surface area contributed by atoms with Crippen LogP contribution in [0, 0.1) is 0 Å². The Morgan fingerprint density at radius 1 is 1.50 bits per heavy atom. The first-order valence-electron chi connectivity index (χ1n) is 3.23. The van der Waals surface area contributed by atoms with Gasteiger partial charge in [0.15, 0.2) is 0 Å². The molecule has 0 aliphatic carbocycles. The topological polar surface area (TPSA) is 38.8 Å². The molecule has 4 nitrogen and oxygen atoms in total. The monoisotopic (exact) mass is 179 g/mol. The van der Waals surface area contributed by atoms with E-state index in [4.69, 9.17) is 7.15 Å². The molecule has 0 unspecified atom stereocenters. The summed E-state index contributed by atoms with van der Waals surface area (Å²) in [6, 6.07) is 0. The number of rotatable bonds is 2. The van der Waals surface area contributed by atoms with Gasteiger partial charge < -0.3 is 7.15 Å². The normalized spacial score (nSPS) is 23.0. The molecule has 0 radical (unpaired) electrons. The van der Waals surface area contributed by atoms with Crippen molar-refractivity contribution in [1.82, 2.24) is 4.67 Å². The first-order valence-corrected chi connectivity index (χ1v) is 6.48. The van der Waals surface area contributed by atoms with E-state index in [1.54, 1.807) is 14.1 Å². The van der Waals surface area contributed by atoms with Gasteiger partial charge in [0.1, 0.15) is 0 Å². The summed E-state index contributed by atoms with van der Waals surface area (Å²) < 4.78 is 23.0. The minimum absolute atomic E-state index is 0.887. The minimum atomic E-state index is -2.74. The molecule has 6 heteroatoms. The summed E-state index contributed by atoms with van der Waals surface area (Å²) in [4.78, 5) is 0. The third-order valence-corrected chi connectivity index (χ3v) is 6.98. The van der Waals surface area contributed by atoms with Gasteiger partial charge in [-0.05, 0) is 19.4 Å². The first kappa shape index (κ1) is 8.74. The van der Waals surface area contributed by atoms with Crippen LogP contribution in [0.15, 0.2) is 0 Å². The molecule has 1 rings (SSSR count). The predicted octanol–water partition coefficient (Wildman–Crippen LogP) is 1.21. The zero-order valence-electron chi connectivity index (χ0n) is 6.40. The maximum atomic E-state index is 11.3. The third kappa shape index (κ3) is 1.45. The Labute approximate surface area is 65.8 Å². The number of nitrogens with zero attached hydrogens (tertiary/aromatic N) is 1. The largest absolute Gasteiger partial charge is 0.689 e. The fourth-order valence-electron chi connectivity index (χ4n) is 0.643. The van der Waals surface area contributed by atoms with Crippen molar-refractivity contribution < 1.29 is 11.7 Å². The highest BCUT2D eigenvalue weighted by atomic mass is 31.2. The summed E-state index contributed by atoms with van der Waals surface area (Å²) in [6.07, 6.45) is 0. The molecule has 0 aromatic heterocycles. The van der Waals surface area contributed by atoms with Gasteiger partial charge in [-0.2, -0.15) is 0 Å². The van der Waals surface area contributed by atoms with Crippen LogP contribution in [-0.4, -0.2) is 33.6 Å². The van der Waals surface area contributed by atoms with Crippen molar-refractivity contribution in [2.45, 2.75) is 12.2 Å². The maximum absolute atomic E-state index is 11.3. The Balaban J connectivity index is 2.42. The molecular weight excluding hydrogens is 168 g/mol. The molecule has 0 bridgehead atoms. The van der Waals surface area contributed by atoms with Gasteiger partial charge in [0.25, 0.3) is 0 Å². The first-order chi connectivity index (χ1) is 4.58. The Kier molecular flexibility index (Phi) is 2.57. The van der Waals surface area contributed by atoms with Crippen molar-refractivity contribution in [2.24, 2.45) is 0 Å².